The van der Waals surface area contributed by atoms with E-state index >= 15 is 0 Å². The maximum Gasteiger partial charge on any atom is 0.240 e. The Bertz CT molecular complexity index is 1510. The van der Waals surface area contributed by atoms with Crippen molar-refractivity contribution < 1.29 is 27.9 Å². The monoisotopic (exact) mass is 591 g/mol. The minimum atomic E-state index is -3.92. The molecule has 0 bridgehead atoms. The van der Waals surface area contributed by atoms with Gasteiger partial charge < -0.3 is 20.5 Å². The molecule has 10 heteroatoms. The Morgan fingerprint density at radius 1 is 1.00 bits per heavy atom. The summed E-state index contributed by atoms with van der Waals surface area (Å²) >= 11 is 0. The average Bonchev–Trinajstić information content (AvgIpc) is 3.26. The van der Waals surface area contributed by atoms with Gasteiger partial charge in [-0.25, -0.2) is 13.1 Å². The van der Waals surface area contributed by atoms with Crippen molar-refractivity contribution in [1.29, 1.82) is 0 Å². The molecule has 0 unspecified atom stereocenters. The Labute approximate surface area is 247 Å². The van der Waals surface area contributed by atoms with Gasteiger partial charge in [0.05, 0.1) is 22.8 Å². The van der Waals surface area contributed by atoms with E-state index in [-0.39, 0.29) is 29.7 Å². The van der Waals surface area contributed by atoms with Gasteiger partial charge in [0.25, 0.3) is 0 Å². The van der Waals surface area contributed by atoms with E-state index in [1.807, 2.05) is 54.6 Å². The molecule has 1 aliphatic carbocycles. The van der Waals surface area contributed by atoms with Crippen molar-refractivity contribution in [3.8, 4) is 0 Å². The number of amides is 2. The Hall–Kier alpha value is -3.99. The second-order valence-electron chi connectivity index (χ2n) is 10.6. The summed E-state index contributed by atoms with van der Waals surface area (Å²) in [5.74, 6) is -0.716. The van der Waals surface area contributed by atoms with Gasteiger partial charge in [0.15, 0.2) is 0 Å². The molecule has 0 spiro atoms. The van der Waals surface area contributed by atoms with E-state index in [0.717, 1.165) is 16.7 Å². The Balaban J connectivity index is 1.51. The summed E-state index contributed by atoms with van der Waals surface area (Å²) in [6, 6.07) is 22.5. The van der Waals surface area contributed by atoms with Crippen LogP contribution in [-0.4, -0.2) is 44.1 Å². The number of rotatable bonds is 13. The standard InChI is InChI=1S/C32H37N3O6S/c1-21(2)41-27(20-33-42(39,40)28-15-13-26(14-16-28)34-22(3)36)18-25(17-23-9-5-4-6-10-23)32(38)35-31-29-12-8-7-11-24(29)19-30(31)37/h4-16,25,27,30-31,33,37H,1,17-20H2,2-3H3,(H,34,36)(H,35,38)/t25-,27+,30-,31+/m1/s1. The number of carbonyl (C=O) groups excluding carboxylic acids is 2. The second kappa shape index (κ2) is 13.8. The number of allylic oxidation sites excluding steroid dienone is 1. The molecule has 3 aromatic rings. The first-order chi connectivity index (χ1) is 20.0. The van der Waals surface area contributed by atoms with Crippen LogP contribution in [0.1, 0.15) is 43.0 Å². The fourth-order valence-electron chi connectivity index (χ4n) is 5.18. The van der Waals surface area contributed by atoms with Crippen LogP contribution < -0.4 is 15.4 Å². The van der Waals surface area contributed by atoms with Crippen molar-refractivity contribution in [2.24, 2.45) is 5.92 Å². The highest BCUT2D eigenvalue weighted by Crippen LogP contribution is 2.32. The highest BCUT2D eigenvalue weighted by Gasteiger charge is 2.34. The summed E-state index contributed by atoms with van der Waals surface area (Å²) in [5.41, 5.74) is 3.32. The molecule has 0 radical (unpaired) electrons. The molecule has 42 heavy (non-hydrogen) atoms. The summed E-state index contributed by atoms with van der Waals surface area (Å²) in [6.07, 6.45) is -0.391. The van der Waals surface area contributed by atoms with Crippen molar-refractivity contribution in [3.63, 3.8) is 0 Å². The molecule has 0 fully saturated rings. The minimum Gasteiger partial charge on any atom is -0.494 e. The van der Waals surface area contributed by atoms with Crippen molar-refractivity contribution in [3.05, 3.63) is 108 Å². The van der Waals surface area contributed by atoms with Crippen LogP contribution in [0.2, 0.25) is 0 Å². The van der Waals surface area contributed by atoms with E-state index in [9.17, 15) is 23.1 Å². The third kappa shape index (κ3) is 8.28. The first-order valence-electron chi connectivity index (χ1n) is 13.8. The first-order valence-corrected chi connectivity index (χ1v) is 15.3. The summed E-state index contributed by atoms with van der Waals surface area (Å²) in [6.45, 7) is 6.75. The summed E-state index contributed by atoms with van der Waals surface area (Å²) < 4.78 is 34.6. The number of aliphatic hydroxyl groups is 1. The molecule has 3 aromatic carbocycles. The topological polar surface area (TPSA) is 134 Å². The summed E-state index contributed by atoms with van der Waals surface area (Å²) in [5, 5.41) is 16.4. The molecule has 1 aliphatic rings. The van der Waals surface area contributed by atoms with E-state index in [1.165, 1.54) is 31.2 Å². The van der Waals surface area contributed by atoms with Gasteiger partial charge in [-0.2, -0.15) is 0 Å². The Kier molecular flexibility index (Phi) is 10.2. The maximum atomic E-state index is 13.7. The lowest BCUT2D eigenvalue weighted by atomic mass is 9.92. The Morgan fingerprint density at radius 2 is 1.67 bits per heavy atom. The predicted molar refractivity (Wildman–Crippen MR) is 161 cm³/mol. The SMILES string of the molecule is C=C(C)O[C@H](CNS(=O)(=O)c1ccc(NC(C)=O)cc1)C[C@@H](Cc1ccccc1)C(=O)N[C@H]1c2ccccc2C[C@H]1O. The normalized spacial score (nSPS) is 17.5. The quantitative estimate of drug-likeness (QED) is 0.223. The summed E-state index contributed by atoms with van der Waals surface area (Å²) in [4.78, 5) is 25.0. The number of aliphatic hydroxyl groups excluding tert-OH is 1. The van der Waals surface area contributed by atoms with E-state index in [1.54, 1.807) is 6.92 Å². The molecule has 0 heterocycles. The molecule has 9 nitrogen and oxygen atoms in total. The molecule has 4 rings (SSSR count). The van der Waals surface area contributed by atoms with Crippen molar-refractivity contribution >= 4 is 27.5 Å². The molecule has 0 aromatic heterocycles. The third-order valence-electron chi connectivity index (χ3n) is 7.10. The van der Waals surface area contributed by atoms with Crippen LogP contribution in [-0.2, 0) is 37.2 Å². The molecular weight excluding hydrogens is 554 g/mol. The van der Waals surface area contributed by atoms with Crippen molar-refractivity contribution in [2.45, 2.75) is 56.3 Å². The molecule has 0 aliphatic heterocycles. The van der Waals surface area contributed by atoms with Crippen LogP contribution >= 0.6 is 0 Å². The third-order valence-corrected chi connectivity index (χ3v) is 8.54. The minimum absolute atomic E-state index is 0.0261. The zero-order valence-corrected chi connectivity index (χ0v) is 24.6. The van der Waals surface area contributed by atoms with Gasteiger partial charge in [0.2, 0.25) is 21.8 Å². The number of hydrogen-bond acceptors (Lipinski definition) is 6. The largest absolute Gasteiger partial charge is 0.494 e. The van der Waals surface area contributed by atoms with E-state index in [0.29, 0.717) is 24.3 Å². The lowest BCUT2D eigenvalue weighted by Crippen LogP contribution is -2.41. The van der Waals surface area contributed by atoms with Gasteiger partial charge in [-0.1, -0.05) is 61.2 Å². The van der Waals surface area contributed by atoms with Crippen LogP contribution in [0.15, 0.2) is 96.1 Å². The lowest BCUT2D eigenvalue weighted by Gasteiger charge is -2.27. The number of ether oxygens (including phenoxy) is 1. The van der Waals surface area contributed by atoms with Crippen LogP contribution in [0, 0.1) is 5.92 Å². The van der Waals surface area contributed by atoms with Crippen LogP contribution in [0.3, 0.4) is 0 Å². The average molecular weight is 592 g/mol. The van der Waals surface area contributed by atoms with Crippen LogP contribution in [0.4, 0.5) is 5.69 Å². The van der Waals surface area contributed by atoms with E-state index in [4.69, 9.17) is 4.74 Å². The van der Waals surface area contributed by atoms with Crippen LogP contribution in [0.25, 0.3) is 0 Å². The fourth-order valence-corrected chi connectivity index (χ4v) is 6.25. The van der Waals surface area contributed by atoms with E-state index in [2.05, 4.69) is 21.9 Å². The molecule has 222 valence electrons. The lowest BCUT2D eigenvalue weighted by molar-refractivity contribution is -0.127. The highest BCUT2D eigenvalue weighted by molar-refractivity contribution is 7.89. The molecule has 4 atom stereocenters. The van der Waals surface area contributed by atoms with Crippen LogP contribution in [0.5, 0.6) is 0 Å². The van der Waals surface area contributed by atoms with E-state index < -0.39 is 34.2 Å². The smallest absolute Gasteiger partial charge is 0.240 e. The molecular formula is C32H37N3O6S. The maximum absolute atomic E-state index is 13.7. The number of anilines is 1. The fraction of sp³-hybridized carbons (Fsp3) is 0.312. The van der Waals surface area contributed by atoms with Gasteiger partial charge in [-0.15, -0.1) is 0 Å². The van der Waals surface area contributed by atoms with Gasteiger partial charge in [0.1, 0.15) is 6.10 Å². The number of sulfonamides is 1. The van der Waals surface area contributed by atoms with Gasteiger partial charge in [-0.05, 0) is 60.7 Å². The van der Waals surface area contributed by atoms with Gasteiger partial charge in [0, 0.05) is 31.5 Å². The van der Waals surface area contributed by atoms with Crippen molar-refractivity contribution in [1.82, 2.24) is 10.0 Å². The number of nitrogens with one attached hydrogen (secondary N) is 3. The van der Waals surface area contributed by atoms with Gasteiger partial charge >= 0.3 is 0 Å². The highest BCUT2D eigenvalue weighted by atomic mass is 32.2. The van der Waals surface area contributed by atoms with Crippen molar-refractivity contribution in [2.75, 3.05) is 11.9 Å². The molecule has 4 N–H and O–H groups in total. The first kappa shape index (κ1) is 31.0. The molecule has 0 saturated carbocycles. The second-order valence-corrected chi connectivity index (χ2v) is 12.3. The number of hydrogen-bond donors (Lipinski definition) is 4. The molecule has 2 amide bonds. The summed E-state index contributed by atoms with van der Waals surface area (Å²) in [7, 11) is -3.92. The Morgan fingerprint density at radius 3 is 2.33 bits per heavy atom. The number of carbonyl (C=O) groups is 2. The van der Waals surface area contributed by atoms with Gasteiger partial charge in [-0.3, -0.25) is 9.59 Å². The predicted octanol–water partition coefficient (Wildman–Crippen LogP) is 3.87. The molecule has 0 saturated heterocycles. The number of benzene rings is 3. The zero-order valence-electron chi connectivity index (χ0n) is 23.7. The number of fused-ring (bicyclic) bond motifs is 1. The zero-order chi connectivity index (χ0) is 30.3.